The Kier molecular flexibility index (Phi) is 4.67. The van der Waals surface area contributed by atoms with E-state index in [-0.39, 0.29) is 35.3 Å². The van der Waals surface area contributed by atoms with E-state index in [1.165, 1.54) is 17.9 Å². The van der Waals surface area contributed by atoms with E-state index in [2.05, 4.69) is 20.4 Å². The molecule has 3 aromatic rings. The third-order valence-electron chi connectivity index (χ3n) is 4.28. The summed E-state index contributed by atoms with van der Waals surface area (Å²) in [4.78, 5) is 20.4. The average Bonchev–Trinajstić information content (AvgIpc) is 3.24. The van der Waals surface area contributed by atoms with Crippen LogP contribution in [0.25, 0.3) is 11.0 Å². The summed E-state index contributed by atoms with van der Waals surface area (Å²) >= 11 is 1.95. The zero-order valence-electron chi connectivity index (χ0n) is 14.4. The predicted octanol–water partition coefficient (Wildman–Crippen LogP) is 3.19. The van der Waals surface area contributed by atoms with Crippen LogP contribution in [0.1, 0.15) is 20.4 Å². The van der Waals surface area contributed by atoms with Crippen molar-refractivity contribution in [2.75, 3.05) is 18.8 Å². The molecule has 0 saturated carbocycles. The lowest BCUT2D eigenvalue weighted by atomic mass is 9.98. The zero-order valence-corrected chi connectivity index (χ0v) is 16.0. The van der Waals surface area contributed by atoms with E-state index in [9.17, 15) is 22.4 Å². The minimum atomic E-state index is -4.72. The number of fused-ring (bicyclic) bond motifs is 1. The molecule has 0 amide bonds. The van der Waals surface area contributed by atoms with Crippen molar-refractivity contribution in [2.24, 2.45) is 7.05 Å². The molecule has 0 aliphatic carbocycles. The quantitative estimate of drug-likeness (QED) is 0.290. The molecule has 4 rings (SSSR count). The van der Waals surface area contributed by atoms with Crippen molar-refractivity contribution in [3.8, 4) is 0 Å². The van der Waals surface area contributed by atoms with E-state index in [1.54, 1.807) is 12.1 Å². The number of nitrogens with zero attached hydrogens (tertiary/aromatic N) is 4. The molecule has 1 fully saturated rings. The lowest BCUT2D eigenvalue weighted by Crippen LogP contribution is -2.53. The first kappa shape index (κ1) is 19.3. The van der Waals surface area contributed by atoms with Crippen LogP contribution in [0.2, 0.25) is 0 Å². The maximum absolute atomic E-state index is 14.4. The minimum absolute atomic E-state index is 0.0284. The van der Waals surface area contributed by atoms with Gasteiger partial charge in [0.1, 0.15) is 5.03 Å². The molecule has 3 aromatic heterocycles. The van der Waals surface area contributed by atoms with Gasteiger partial charge in [0.2, 0.25) is 5.82 Å². The number of hydrogen-bond donors (Lipinski definition) is 1. The number of aromatic nitrogens is 4. The first-order chi connectivity index (χ1) is 13.2. The second kappa shape index (κ2) is 6.78. The van der Waals surface area contributed by atoms with Gasteiger partial charge in [-0.1, -0.05) is 11.8 Å². The standard InChI is InChI=1S/C16H13F4N5OS2/c1-25-12-8(4-22-25)13(24-14(23-12)16(18,19)20)27-5-9(26)10-2-3-11(28-10)15(17)6-21-7-15/h2-4,21H,5-7H2,1H3. The number of thioether (sulfide) groups is 1. The SMILES string of the molecule is Cn1ncc2c(SCC(=O)c3ccc(C4(F)CNC4)s3)nc(C(F)(F)F)nc21. The number of Topliss-reactive ketones (excluding diaryl/α,β-unsaturated/α-hetero) is 1. The van der Waals surface area contributed by atoms with E-state index in [1.807, 2.05) is 0 Å². The number of aryl methyl sites for hydroxylation is 1. The molecule has 0 bridgehead atoms. The molecule has 148 valence electrons. The highest BCUT2D eigenvalue weighted by Crippen LogP contribution is 2.36. The summed E-state index contributed by atoms with van der Waals surface area (Å²) in [6.45, 7) is 0.409. The van der Waals surface area contributed by atoms with Crippen molar-refractivity contribution in [1.29, 1.82) is 0 Å². The van der Waals surface area contributed by atoms with Crippen molar-refractivity contribution in [1.82, 2.24) is 25.1 Å². The fourth-order valence-corrected chi connectivity index (χ4v) is 4.67. The number of rotatable bonds is 5. The monoisotopic (exact) mass is 431 g/mol. The van der Waals surface area contributed by atoms with Gasteiger partial charge in [-0.25, -0.2) is 14.4 Å². The fraction of sp³-hybridized carbons (Fsp3) is 0.375. The Hall–Kier alpha value is -2.05. The van der Waals surface area contributed by atoms with Crippen LogP contribution in [-0.2, 0) is 18.9 Å². The molecule has 1 saturated heterocycles. The summed E-state index contributed by atoms with van der Waals surface area (Å²) in [5, 5.41) is 7.13. The molecule has 12 heteroatoms. The molecular weight excluding hydrogens is 418 g/mol. The van der Waals surface area contributed by atoms with Crippen LogP contribution >= 0.6 is 23.1 Å². The second-order valence-electron chi connectivity index (χ2n) is 6.30. The Morgan fingerprint density at radius 3 is 2.75 bits per heavy atom. The van der Waals surface area contributed by atoms with E-state index >= 15 is 0 Å². The van der Waals surface area contributed by atoms with Crippen LogP contribution in [0.4, 0.5) is 17.6 Å². The average molecular weight is 431 g/mol. The summed E-state index contributed by atoms with van der Waals surface area (Å²) in [5.74, 6) is -1.72. The topological polar surface area (TPSA) is 72.7 Å². The van der Waals surface area contributed by atoms with Crippen LogP contribution < -0.4 is 5.32 Å². The van der Waals surface area contributed by atoms with E-state index in [4.69, 9.17) is 0 Å². The highest BCUT2D eigenvalue weighted by molar-refractivity contribution is 8.00. The molecule has 1 N–H and O–H groups in total. The first-order valence-corrected chi connectivity index (χ1v) is 9.90. The molecule has 6 nitrogen and oxygen atoms in total. The van der Waals surface area contributed by atoms with Gasteiger partial charge in [0.05, 0.1) is 22.2 Å². The number of nitrogens with one attached hydrogen (secondary N) is 1. The van der Waals surface area contributed by atoms with Crippen molar-refractivity contribution < 1.29 is 22.4 Å². The van der Waals surface area contributed by atoms with Gasteiger partial charge in [-0.15, -0.1) is 11.3 Å². The summed E-state index contributed by atoms with van der Waals surface area (Å²) in [6.07, 6.45) is -3.35. The number of carbonyl (C=O) groups is 1. The fourth-order valence-electron chi connectivity index (χ4n) is 2.69. The van der Waals surface area contributed by atoms with Crippen LogP contribution in [-0.4, -0.2) is 44.4 Å². The first-order valence-electron chi connectivity index (χ1n) is 8.10. The number of halogens is 4. The molecule has 0 spiro atoms. The van der Waals surface area contributed by atoms with Crippen molar-refractivity contribution >= 4 is 39.9 Å². The Morgan fingerprint density at radius 2 is 2.11 bits per heavy atom. The van der Waals surface area contributed by atoms with Crippen LogP contribution in [0.15, 0.2) is 23.4 Å². The number of thiophene rings is 1. The third kappa shape index (κ3) is 3.40. The van der Waals surface area contributed by atoms with Crippen LogP contribution in [0.3, 0.4) is 0 Å². The maximum atomic E-state index is 14.4. The molecule has 0 atom stereocenters. The highest BCUT2D eigenvalue weighted by atomic mass is 32.2. The molecule has 28 heavy (non-hydrogen) atoms. The lowest BCUT2D eigenvalue weighted by molar-refractivity contribution is -0.145. The third-order valence-corrected chi connectivity index (χ3v) is 6.58. The van der Waals surface area contributed by atoms with Gasteiger partial charge in [0, 0.05) is 25.0 Å². The van der Waals surface area contributed by atoms with Gasteiger partial charge in [0.15, 0.2) is 17.1 Å². The Balaban J connectivity index is 1.56. The van der Waals surface area contributed by atoms with E-state index in [0.29, 0.717) is 15.1 Å². The van der Waals surface area contributed by atoms with E-state index < -0.39 is 17.7 Å². The minimum Gasteiger partial charge on any atom is -0.309 e. The Bertz CT molecular complexity index is 1060. The van der Waals surface area contributed by atoms with Gasteiger partial charge < -0.3 is 5.32 Å². The highest BCUT2D eigenvalue weighted by Gasteiger charge is 2.40. The smallest absolute Gasteiger partial charge is 0.309 e. The van der Waals surface area contributed by atoms with Gasteiger partial charge in [-0.3, -0.25) is 9.48 Å². The molecule has 0 aromatic carbocycles. The van der Waals surface area contributed by atoms with Crippen molar-refractivity contribution in [3.05, 3.63) is 33.9 Å². The van der Waals surface area contributed by atoms with Gasteiger partial charge >= 0.3 is 6.18 Å². The number of carbonyl (C=O) groups excluding carboxylic acids is 1. The normalized spacial score (nSPS) is 16.3. The largest absolute Gasteiger partial charge is 0.451 e. The van der Waals surface area contributed by atoms with Gasteiger partial charge in [-0.2, -0.15) is 18.3 Å². The number of hydrogen-bond acceptors (Lipinski definition) is 7. The summed E-state index contributed by atoms with van der Waals surface area (Å²) in [7, 11) is 1.48. The van der Waals surface area contributed by atoms with Crippen molar-refractivity contribution in [3.63, 3.8) is 0 Å². The van der Waals surface area contributed by atoms with Gasteiger partial charge in [-0.05, 0) is 12.1 Å². The Labute approximate surface area is 164 Å². The molecule has 1 aliphatic rings. The van der Waals surface area contributed by atoms with Gasteiger partial charge in [0.25, 0.3) is 0 Å². The lowest BCUT2D eigenvalue weighted by Gasteiger charge is -2.33. The maximum Gasteiger partial charge on any atom is 0.451 e. The zero-order chi connectivity index (χ0) is 20.1. The molecule has 1 aliphatic heterocycles. The second-order valence-corrected chi connectivity index (χ2v) is 8.35. The molecule has 0 radical (unpaired) electrons. The molecule has 4 heterocycles. The summed E-state index contributed by atoms with van der Waals surface area (Å²) < 4.78 is 54.9. The number of ketones is 1. The molecular formula is C16H13F4N5OS2. The molecule has 0 unspecified atom stereocenters. The van der Waals surface area contributed by atoms with E-state index in [0.717, 1.165) is 23.1 Å². The van der Waals surface area contributed by atoms with Crippen molar-refractivity contribution in [2.45, 2.75) is 16.9 Å². The summed E-state index contributed by atoms with van der Waals surface area (Å²) in [6, 6.07) is 3.12. The van der Waals surface area contributed by atoms with Crippen LogP contribution in [0, 0.1) is 0 Å². The number of alkyl halides is 4. The predicted molar refractivity (Wildman–Crippen MR) is 96.3 cm³/mol. The van der Waals surface area contributed by atoms with Crippen LogP contribution in [0.5, 0.6) is 0 Å². The summed E-state index contributed by atoms with van der Waals surface area (Å²) in [5.41, 5.74) is -1.42. The Morgan fingerprint density at radius 1 is 1.36 bits per heavy atom.